The van der Waals surface area contributed by atoms with Gasteiger partial charge in [-0.2, -0.15) is 0 Å². The molecule has 1 aromatic heterocycles. The maximum absolute atomic E-state index is 12.7. The van der Waals surface area contributed by atoms with Gasteiger partial charge < -0.3 is 15.5 Å². The predicted molar refractivity (Wildman–Crippen MR) is 106 cm³/mol. The molecule has 0 radical (unpaired) electrons. The molecular weight excluding hydrogens is 342 g/mol. The highest BCUT2D eigenvalue weighted by molar-refractivity contribution is 6.03. The Kier molecular flexibility index (Phi) is 5.69. The maximum atomic E-state index is 12.7. The Bertz CT molecular complexity index is 844. The van der Waals surface area contributed by atoms with Crippen molar-refractivity contribution in [2.75, 3.05) is 28.6 Å². The Hall–Kier alpha value is -2.96. The van der Waals surface area contributed by atoms with Crippen molar-refractivity contribution in [3.63, 3.8) is 0 Å². The Morgan fingerprint density at radius 1 is 1.07 bits per heavy atom. The summed E-state index contributed by atoms with van der Waals surface area (Å²) < 4.78 is 0. The van der Waals surface area contributed by atoms with Crippen LogP contribution in [0.25, 0.3) is 0 Å². The number of carbonyl (C=O) groups is 2. The number of rotatable bonds is 4. The summed E-state index contributed by atoms with van der Waals surface area (Å²) in [7, 11) is 0. The van der Waals surface area contributed by atoms with Crippen molar-refractivity contribution in [1.82, 2.24) is 9.97 Å². The number of hydrogen-bond donors (Lipinski definition) is 2. The van der Waals surface area contributed by atoms with E-state index in [0.29, 0.717) is 22.9 Å². The first-order valence-corrected chi connectivity index (χ1v) is 9.20. The van der Waals surface area contributed by atoms with Crippen LogP contribution in [-0.2, 0) is 4.79 Å². The van der Waals surface area contributed by atoms with E-state index in [4.69, 9.17) is 0 Å². The molecule has 2 N–H and O–H groups in total. The summed E-state index contributed by atoms with van der Waals surface area (Å²) in [5, 5.41) is 5.54. The zero-order chi connectivity index (χ0) is 19.4. The van der Waals surface area contributed by atoms with Crippen LogP contribution in [0.5, 0.6) is 0 Å². The fourth-order valence-corrected chi connectivity index (χ4v) is 3.14. The molecule has 0 atom stereocenters. The van der Waals surface area contributed by atoms with E-state index in [0.717, 1.165) is 37.7 Å². The molecule has 1 aromatic carbocycles. The number of anilines is 3. The summed E-state index contributed by atoms with van der Waals surface area (Å²) in [5.74, 6) is 1.63. The monoisotopic (exact) mass is 367 g/mol. The number of nitrogens with zero attached hydrogens (tertiary/aromatic N) is 3. The molecule has 0 aliphatic carbocycles. The second kappa shape index (κ2) is 8.16. The van der Waals surface area contributed by atoms with E-state index in [1.165, 1.54) is 6.92 Å². The quantitative estimate of drug-likeness (QED) is 0.866. The second-order valence-corrected chi connectivity index (χ2v) is 7.04. The van der Waals surface area contributed by atoms with Gasteiger partial charge in [0.15, 0.2) is 0 Å². The summed E-state index contributed by atoms with van der Waals surface area (Å²) in [6.45, 7) is 7.38. The van der Waals surface area contributed by atoms with Crippen molar-refractivity contribution in [2.24, 2.45) is 5.92 Å². The van der Waals surface area contributed by atoms with Crippen LogP contribution in [0, 0.1) is 12.8 Å². The number of piperidine rings is 1. The molecule has 0 unspecified atom stereocenters. The fourth-order valence-electron chi connectivity index (χ4n) is 3.14. The van der Waals surface area contributed by atoms with Crippen molar-refractivity contribution >= 4 is 29.0 Å². The van der Waals surface area contributed by atoms with E-state index in [2.05, 4.69) is 32.4 Å². The highest BCUT2D eigenvalue weighted by Crippen LogP contribution is 2.22. The van der Waals surface area contributed by atoms with Crippen LogP contribution in [-0.4, -0.2) is 34.9 Å². The minimum absolute atomic E-state index is 0.162. The lowest BCUT2D eigenvalue weighted by atomic mass is 9.99. The number of benzene rings is 1. The van der Waals surface area contributed by atoms with E-state index < -0.39 is 0 Å². The van der Waals surface area contributed by atoms with Gasteiger partial charge >= 0.3 is 0 Å². The summed E-state index contributed by atoms with van der Waals surface area (Å²) in [4.78, 5) is 34.9. The zero-order valence-electron chi connectivity index (χ0n) is 16.0. The van der Waals surface area contributed by atoms with E-state index in [1.54, 1.807) is 37.3 Å². The van der Waals surface area contributed by atoms with Crippen LogP contribution >= 0.6 is 0 Å². The minimum Gasteiger partial charge on any atom is -0.356 e. The molecule has 7 heteroatoms. The average molecular weight is 367 g/mol. The predicted octanol–water partition coefficient (Wildman–Crippen LogP) is 3.23. The lowest BCUT2D eigenvalue weighted by molar-refractivity contribution is -0.114. The lowest BCUT2D eigenvalue weighted by Crippen LogP contribution is -2.34. The summed E-state index contributed by atoms with van der Waals surface area (Å²) in [5.41, 5.74) is 1.55. The number of nitrogens with one attached hydrogen (secondary N) is 2. The van der Waals surface area contributed by atoms with Gasteiger partial charge in [-0.25, -0.2) is 9.97 Å². The summed E-state index contributed by atoms with van der Waals surface area (Å²) in [6.07, 6.45) is 2.25. The van der Waals surface area contributed by atoms with Gasteiger partial charge in [-0.15, -0.1) is 0 Å². The van der Waals surface area contributed by atoms with Gasteiger partial charge in [0.05, 0.1) is 0 Å². The van der Waals surface area contributed by atoms with Crippen LogP contribution in [0.2, 0.25) is 0 Å². The molecule has 0 saturated carbocycles. The fraction of sp³-hybridized carbons (Fsp3) is 0.400. The van der Waals surface area contributed by atoms with E-state index in [9.17, 15) is 9.59 Å². The molecule has 27 heavy (non-hydrogen) atoms. The number of hydrogen-bond acceptors (Lipinski definition) is 5. The molecule has 1 aliphatic heterocycles. The highest BCUT2D eigenvalue weighted by Gasteiger charge is 2.19. The zero-order valence-corrected chi connectivity index (χ0v) is 16.0. The molecule has 3 rings (SSSR count). The molecular formula is C20H25N5O2. The first kappa shape index (κ1) is 18.8. The van der Waals surface area contributed by atoms with E-state index in [1.807, 2.05) is 0 Å². The Balaban J connectivity index is 1.76. The van der Waals surface area contributed by atoms with Crippen molar-refractivity contribution in [3.05, 3.63) is 41.9 Å². The third-order valence-corrected chi connectivity index (χ3v) is 4.61. The molecule has 0 bridgehead atoms. The average Bonchev–Trinajstić information content (AvgIpc) is 2.61. The smallest absolute Gasteiger partial charge is 0.274 e. The number of aryl methyl sites for hydroxylation is 1. The summed E-state index contributed by atoms with van der Waals surface area (Å²) in [6, 6.07) is 8.76. The Morgan fingerprint density at radius 2 is 1.74 bits per heavy atom. The lowest BCUT2D eigenvalue weighted by Gasteiger charge is -2.31. The molecule has 1 fully saturated rings. The van der Waals surface area contributed by atoms with Gasteiger partial charge in [-0.1, -0.05) is 13.0 Å². The van der Waals surface area contributed by atoms with E-state index >= 15 is 0 Å². The second-order valence-electron chi connectivity index (χ2n) is 7.04. The number of carbonyl (C=O) groups excluding carboxylic acids is 2. The normalized spacial score (nSPS) is 14.7. The molecule has 2 aromatic rings. The van der Waals surface area contributed by atoms with Crippen LogP contribution in [0.1, 0.15) is 43.0 Å². The minimum atomic E-state index is -0.299. The molecule has 142 valence electrons. The van der Waals surface area contributed by atoms with Crippen LogP contribution < -0.4 is 15.5 Å². The van der Waals surface area contributed by atoms with E-state index in [-0.39, 0.29) is 11.8 Å². The van der Waals surface area contributed by atoms with Crippen molar-refractivity contribution in [2.45, 2.75) is 33.6 Å². The van der Waals surface area contributed by atoms with Crippen molar-refractivity contribution in [1.29, 1.82) is 0 Å². The third-order valence-electron chi connectivity index (χ3n) is 4.61. The number of aromatic nitrogens is 2. The topological polar surface area (TPSA) is 87.2 Å². The van der Waals surface area contributed by atoms with Crippen LogP contribution in [0.15, 0.2) is 30.3 Å². The van der Waals surface area contributed by atoms with Crippen LogP contribution in [0.3, 0.4) is 0 Å². The summed E-state index contributed by atoms with van der Waals surface area (Å²) >= 11 is 0. The largest absolute Gasteiger partial charge is 0.356 e. The molecule has 7 nitrogen and oxygen atoms in total. The first-order valence-electron chi connectivity index (χ1n) is 9.20. The molecule has 2 heterocycles. The molecule has 1 aliphatic rings. The molecule has 2 amide bonds. The third kappa shape index (κ3) is 5.03. The Labute approximate surface area is 159 Å². The van der Waals surface area contributed by atoms with Crippen molar-refractivity contribution in [3.8, 4) is 0 Å². The SMILES string of the molecule is CC(=O)Nc1cccc(NC(=O)c2cc(N3CCC(C)CC3)nc(C)n2)c1. The van der Waals surface area contributed by atoms with Gasteiger partial charge in [0, 0.05) is 37.5 Å². The number of amides is 2. The van der Waals surface area contributed by atoms with Gasteiger partial charge in [0.25, 0.3) is 5.91 Å². The van der Waals surface area contributed by atoms with Crippen molar-refractivity contribution < 1.29 is 9.59 Å². The van der Waals surface area contributed by atoms with Gasteiger partial charge in [-0.3, -0.25) is 9.59 Å². The highest BCUT2D eigenvalue weighted by atomic mass is 16.2. The molecule has 1 saturated heterocycles. The molecule has 0 spiro atoms. The van der Waals surface area contributed by atoms with Crippen LogP contribution in [0.4, 0.5) is 17.2 Å². The maximum Gasteiger partial charge on any atom is 0.274 e. The standard InChI is InChI=1S/C20H25N5O2/c1-13-7-9-25(10-8-13)19-12-18(21-14(2)22-19)20(27)24-17-6-4-5-16(11-17)23-15(3)26/h4-6,11-13H,7-10H2,1-3H3,(H,23,26)(H,24,27). The van der Waals surface area contributed by atoms with Gasteiger partial charge in [0.2, 0.25) is 5.91 Å². The first-order chi connectivity index (χ1) is 12.9. The van der Waals surface area contributed by atoms with Gasteiger partial charge in [0.1, 0.15) is 17.3 Å². The van der Waals surface area contributed by atoms with Gasteiger partial charge in [-0.05, 0) is 43.9 Å². The Morgan fingerprint density at radius 3 is 2.41 bits per heavy atom.